The Bertz CT molecular complexity index is 655. The lowest BCUT2D eigenvalue weighted by molar-refractivity contribution is -0.143. The fraction of sp³-hybridized carbons (Fsp3) is 0.737. The molecule has 0 spiro atoms. The SMILES string of the molecule is CCC(C)C(NC(=O)C(CO)NC(=O)C(N)C(C)C)C(=O)NC(CCC(=O)O)C(=O)O. The molecule has 0 aliphatic heterocycles. The maximum absolute atomic E-state index is 12.7. The van der Waals surface area contributed by atoms with Crippen LogP contribution >= 0.6 is 0 Å². The third-order valence-corrected chi connectivity index (χ3v) is 4.89. The van der Waals surface area contributed by atoms with E-state index in [1.54, 1.807) is 27.7 Å². The molecule has 8 N–H and O–H groups in total. The Labute approximate surface area is 180 Å². The van der Waals surface area contributed by atoms with Crippen LogP contribution < -0.4 is 21.7 Å². The Kier molecular flexibility index (Phi) is 12.4. The number of aliphatic hydroxyl groups is 1. The van der Waals surface area contributed by atoms with E-state index in [9.17, 15) is 34.2 Å². The molecule has 0 aliphatic carbocycles. The van der Waals surface area contributed by atoms with Gasteiger partial charge in [-0.1, -0.05) is 34.1 Å². The number of amides is 3. The molecule has 0 saturated heterocycles. The summed E-state index contributed by atoms with van der Waals surface area (Å²) in [5.74, 6) is -5.56. The quantitative estimate of drug-likeness (QED) is 0.164. The van der Waals surface area contributed by atoms with Gasteiger partial charge in [0.25, 0.3) is 0 Å². The average molecular weight is 447 g/mol. The summed E-state index contributed by atoms with van der Waals surface area (Å²) in [6.45, 7) is 6.09. The molecule has 0 fully saturated rings. The largest absolute Gasteiger partial charge is 0.481 e. The van der Waals surface area contributed by atoms with Crippen molar-refractivity contribution in [1.82, 2.24) is 16.0 Å². The van der Waals surface area contributed by atoms with Crippen LogP contribution in [0.15, 0.2) is 0 Å². The Morgan fingerprint density at radius 1 is 0.871 bits per heavy atom. The number of carboxylic acids is 2. The molecule has 0 bridgehead atoms. The van der Waals surface area contributed by atoms with Gasteiger partial charge in [0.2, 0.25) is 17.7 Å². The van der Waals surface area contributed by atoms with Crippen molar-refractivity contribution in [3.05, 3.63) is 0 Å². The fourth-order valence-corrected chi connectivity index (χ4v) is 2.51. The van der Waals surface area contributed by atoms with E-state index in [2.05, 4.69) is 16.0 Å². The third-order valence-electron chi connectivity index (χ3n) is 4.89. The highest BCUT2D eigenvalue weighted by molar-refractivity contribution is 5.94. The van der Waals surface area contributed by atoms with Crippen LogP contribution in [0.4, 0.5) is 0 Å². The Morgan fingerprint density at radius 3 is 1.84 bits per heavy atom. The summed E-state index contributed by atoms with van der Waals surface area (Å²) in [6.07, 6.45) is -0.355. The molecule has 0 aliphatic rings. The Morgan fingerprint density at radius 2 is 1.42 bits per heavy atom. The van der Waals surface area contributed by atoms with Crippen LogP contribution in [0, 0.1) is 11.8 Å². The van der Waals surface area contributed by atoms with E-state index in [0.717, 1.165) is 0 Å². The summed E-state index contributed by atoms with van der Waals surface area (Å²) in [6, 6.07) is -4.89. The van der Waals surface area contributed by atoms with Crippen molar-refractivity contribution in [2.75, 3.05) is 6.61 Å². The van der Waals surface area contributed by atoms with Crippen LogP contribution in [0.3, 0.4) is 0 Å². The maximum Gasteiger partial charge on any atom is 0.326 e. The van der Waals surface area contributed by atoms with Crippen LogP contribution in [-0.2, 0) is 24.0 Å². The molecule has 178 valence electrons. The second kappa shape index (κ2) is 13.5. The van der Waals surface area contributed by atoms with Gasteiger partial charge in [0, 0.05) is 6.42 Å². The number of aliphatic hydroxyl groups excluding tert-OH is 1. The van der Waals surface area contributed by atoms with E-state index in [1.165, 1.54) is 0 Å². The molecule has 5 atom stereocenters. The molecule has 5 unspecified atom stereocenters. The molecule has 0 rings (SSSR count). The van der Waals surface area contributed by atoms with Crippen molar-refractivity contribution in [2.45, 2.75) is 71.1 Å². The number of hydrogen-bond acceptors (Lipinski definition) is 7. The number of rotatable bonds is 14. The normalized spacial score (nSPS) is 15.8. The van der Waals surface area contributed by atoms with E-state index < -0.39 is 72.8 Å². The number of carbonyl (C=O) groups excluding carboxylic acids is 3. The predicted octanol–water partition coefficient (Wildman–Crippen LogP) is -1.59. The maximum atomic E-state index is 12.7. The molecule has 0 aromatic heterocycles. The number of hydrogen-bond donors (Lipinski definition) is 7. The van der Waals surface area contributed by atoms with Gasteiger partial charge in [-0.2, -0.15) is 0 Å². The van der Waals surface area contributed by atoms with Gasteiger partial charge < -0.3 is 37.0 Å². The van der Waals surface area contributed by atoms with Gasteiger partial charge in [-0.15, -0.1) is 0 Å². The van der Waals surface area contributed by atoms with Crippen molar-refractivity contribution < 1.29 is 39.3 Å². The summed E-state index contributed by atoms with van der Waals surface area (Å²) in [7, 11) is 0. The standard InChI is InChI=1S/C19H34N4O8/c1-5-10(4)15(18(29)21-11(19(30)31)6-7-13(25)26)23-16(27)12(8-24)22-17(28)14(20)9(2)3/h9-12,14-15,24H,5-8,20H2,1-4H3,(H,21,29)(H,22,28)(H,23,27)(H,25,26)(H,30,31). The highest BCUT2D eigenvalue weighted by Crippen LogP contribution is 2.10. The minimum atomic E-state index is -1.45. The number of nitrogens with one attached hydrogen (secondary N) is 3. The average Bonchev–Trinajstić information content (AvgIpc) is 2.70. The summed E-state index contributed by atoms with van der Waals surface area (Å²) < 4.78 is 0. The first-order valence-corrected chi connectivity index (χ1v) is 10.1. The summed E-state index contributed by atoms with van der Waals surface area (Å²) in [5.41, 5.74) is 5.73. The Balaban J connectivity index is 5.34. The number of aliphatic carboxylic acids is 2. The second-order valence-electron chi connectivity index (χ2n) is 7.72. The summed E-state index contributed by atoms with van der Waals surface area (Å²) >= 11 is 0. The van der Waals surface area contributed by atoms with Crippen molar-refractivity contribution in [1.29, 1.82) is 0 Å². The monoisotopic (exact) mass is 446 g/mol. The van der Waals surface area contributed by atoms with Crippen molar-refractivity contribution in [3.8, 4) is 0 Å². The molecule has 0 saturated carbocycles. The van der Waals surface area contributed by atoms with Gasteiger partial charge in [0.15, 0.2) is 0 Å². The lowest BCUT2D eigenvalue weighted by Gasteiger charge is -2.27. The van der Waals surface area contributed by atoms with Gasteiger partial charge >= 0.3 is 11.9 Å². The highest BCUT2D eigenvalue weighted by atomic mass is 16.4. The molecule has 12 heteroatoms. The molecular weight excluding hydrogens is 412 g/mol. The Hall–Kier alpha value is -2.73. The van der Waals surface area contributed by atoms with Crippen LogP contribution in [-0.4, -0.2) is 75.8 Å². The van der Waals surface area contributed by atoms with E-state index in [1.807, 2.05) is 0 Å². The third kappa shape index (κ3) is 9.75. The van der Waals surface area contributed by atoms with Crippen LogP contribution in [0.5, 0.6) is 0 Å². The minimum absolute atomic E-state index is 0.209. The van der Waals surface area contributed by atoms with Gasteiger partial charge in [-0.25, -0.2) is 4.79 Å². The summed E-state index contributed by atoms with van der Waals surface area (Å²) in [5, 5.41) is 34.5. The zero-order chi connectivity index (χ0) is 24.3. The first-order valence-electron chi connectivity index (χ1n) is 10.1. The lowest BCUT2D eigenvalue weighted by atomic mass is 9.97. The predicted molar refractivity (Wildman–Crippen MR) is 110 cm³/mol. The molecular formula is C19H34N4O8. The molecule has 0 radical (unpaired) electrons. The minimum Gasteiger partial charge on any atom is -0.481 e. The fourth-order valence-electron chi connectivity index (χ4n) is 2.51. The highest BCUT2D eigenvalue weighted by Gasteiger charge is 2.32. The van der Waals surface area contributed by atoms with Crippen LogP contribution in [0.25, 0.3) is 0 Å². The van der Waals surface area contributed by atoms with Gasteiger partial charge in [-0.05, 0) is 18.3 Å². The van der Waals surface area contributed by atoms with Gasteiger partial charge in [0.05, 0.1) is 12.6 Å². The van der Waals surface area contributed by atoms with Crippen molar-refractivity contribution in [2.24, 2.45) is 17.6 Å². The zero-order valence-electron chi connectivity index (χ0n) is 18.3. The smallest absolute Gasteiger partial charge is 0.326 e. The van der Waals surface area contributed by atoms with Gasteiger partial charge in [0.1, 0.15) is 18.1 Å². The molecule has 3 amide bonds. The molecule has 0 aromatic rings. The van der Waals surface area contributed by atoms with Crippen molar-refractivity contribution >= 4 is 29.7 Å². The zero-order valence-corrected chi connectivity index (χ0v) is 18.3. The van der Waals surface area contributed by atoms with Gasteiger partial charge in [-0.3, -0.25) is 19.2 Å². The van der Waals surface area contributed by atoms with Crippen molar-refractivity contribution in [3.63, 3.8) is 0 Å². The van der Waals surface area contributed by atoms with E-state index in [4.69, 9.17) is 10.8 Å². The first-order chi connectivity index (χ1) is 14.3. The van der Waals surface area contributed by atoms with Crippen LogP contribution in [0.1, 0.15) is 47.0 Å². The topological polar surface area (TPSA) is 208 Å². The number of carboxylic acid groups (broad SMARTS) is 2. The van der Waals surface area contributed by atoms with E-state index >= 15 is 0 Å². The number of nitrogens with two attached hydrogens (primary N) is 1. The lowest BCUT2D eigenvalue weighted by Crippen LogP contribution is -2.59. The second-order valence-corrected chi connectivity index (χ2v) is 7.72. The summed E-state index contributed by atoms with van der Waals surface area (Å²) in [4.78, 5) is 59.4. The molecule has 0 aromatic carbocycles. The number of carbonyl (C=O) groups is 5. The first kappa shape index (κ1) is 28.3. The van der Waals surface area contributed by atoms with E-state index in [0.29, 0.717) is 6.42 Å². The van der Waals surface area contributed by atoms with E-state index in [-0.39, 0.29) is 12.3 Å². The molecule has 0 heterocycles. The molecule has 31 heavy (non-hydrogen) atoms. The molecule has 12 nitrogen and oxygen atoms in total. The van der Waals surface area contributed by atoms with Crippen LogP contribution in [0.2, 0.25) is 0 Å².